The van der Waals surface area contributed by atoms with Crippen LogP contribution in [0.15, 0.2) is 0 Å². The van der Waals surface area contributed by atoms with Gasteiger partial charge in [-0.05, 0) is 26.2 Å². The third-order valence-corrected chi connectivity index (χ3v) is 3.27. The summed E-state index contributed by atoms with van der Waals surface area (Å²) in [6.07, 6.45) is 3.82. The number of fused-ring (bicyclic) bond motifs is 2. The highest BCUT2D eigenvalue weighted by Gasteiger charge is 2.40. The quantitative estimate of drug-likeness (QED) is 0.663. The second kappa shape index (κ2) is 4.21. The largest absolute Gasteiger partial charge is 0.450 e. The number of hydrogen-bond donors (Lipinski definition) is 0. The van der Waals surface area contributed by atoms with Crippen LogP contribution in [0.3, 0.4) is 0 Å². The van der Waals surface area contributed by atoms with Crippen LogP contribution in [0.1, 0.15) is 39.0 Å². The van der Waals surface area contributed by atoms with Gasteiger partial charge in [-0.15, -0.1) is 0 Å². The average molecular weight is 211 g/mol. The normalized spacial score (nSPS) is 30.2. The zero-order chi connectivity index (χ0) is 10.8. The highest BCUT2D eigenvalue weighted by molar-refractivity contribution is 5.83. The first-order valence-electron chi connectivity index (χ1n) is 5.69. The molecule has 0 aromatic rings. The summed E-state index contributed by atoms with van der Waals surface area (Å²) in [6, 6.07) is 0.202. The molecule has 0 radical (unpaired) electrons. The number of hydrogen-bond acceptors (Lipinski definition) is 3. The molecule has 2 bridgehead atoms. The van der Waals surface area contributed by atoms with E-state index in [1.54, 1.807) is 4.90 Å². The molecule has 1 amide bonds. The molecule has 0 saturated carbocycles. The van der Waals surface area contributed by atoms with Crippen molar-refractivity contribution in [3.63, 3.8) is 0 Å². The second-order valence-corrected chi connectivity index (χ2v) is 4.29. The van der Waals surface area contributed by atoms with Crippen molar-refractivity contribution in [2.75, 3.05) is 6.61 Å². The Balaban J connectivity index is 2.10. The SMILES string of the molecule is CCOC(=O)N1C2CCCC1CC(=O)C2. The molecule has 2 atom stereocenters. The Morgan fingerprint density at radius 3 is 2.53 bits per heavy atom. The first-order chi connectivity index (χ1) is 7.22. The molecule has 2 aliphatic heterocycles. The zero-order valence-electron chi connectivity index (χ0n) is 9.07. The van der Waals surface area contributed by atoms with E-state index >= 15 is 0 Å². The maximum atomic E-state index is 11.7. The van der Waals surface area contributed by atoms with Crippen LogP contribution >= 0.6 is 0 Å². The minimum Gasteiger partial charge on any atom is -0.450 e. The predicted octanol–water partition coefficient (Wildman–Crippen LogP) is 1.73. The molecule has 0 aromatic carbocycles. The summed E-state index contributed by atoms with van der Waals surface area (Å²) in [6.45, 7) is 2.21. The van der Waals surface area contributed by atoms with Crippen LogP contribution in [0.5, 0.6) is 0 Å². The number of Topliss-reactive ketones (excluding diaryl/α,β-unsaturated/α-hetero) is 1. The first-order valence-corrected chi connectivity index (χ1v) is 5.69. The number of nitrogens with zero attached hydrogens (tertiary/aromatic N) is 1. The fraction of sp³-hybridized carbons (Fsp3) is 0.818. The molecule has 2 unspecified atom stereocenters. The van der Waals surface area contributed by atoms with Crippen molar-refractivity contribution in [1.29, 1.82) is 0 Å². The van der Waals surface area contributed by atoms with E-state index < -0.39 is 0 Å². The monoisotopic (exact) mass is 211 g/mol. The van der Waals surface area contributed by atoms with Gasteiger partial charge in [0.1, 0.15) is 5.78 Å². The molecule has 2 fully saturated rings. The maximum absolute atomic E-state index is 11.7. The van der Waals surface area contributed by atoms with Crippen LogP contribution in [0.2, 0.25) is 0 Å². The minimum atomic E-state index is -0.236. The Bertz CT molecular complexity index is 261. The lowest BCUT2D eigenvalue weighted by molar-refractivity contribution is -0.126. The summed E-state index contributed by atoms with van der Waals surface area (Å²) < 4.78 is 5.03. The number of carbonyl (C=O) groups is 2. The topological polar surface area (TPSA) is 46.6 Å². The van der Waals surface area contributed by atoms with Gasteiger partial charge in [0.25, 0.3) is 0 Å². The van der Waals surface area contributed by atoms with Crippen LogP contribution in [0, 0.1) is 0 Å². The fourth-order valence-corrected chi connectivity index (χ4v) is 2.67. The van der Waals surface area contributed by atoms with Crippen molar-refractivity contribution >= 4 is 11.9 Å². The van der Waals surface area contributed by atoms with E-state index in [1.165, 1.54) is 0 Å². The van der Waals surface area contributed by atoms with E-state index in [-0.39, 0.29) is 18.2 Å². The number of ketones is 1. The maximum Gasteiger partial charge on any atom is 0.410 e. The smallest absolute Gasteiger partial charge is 0.410 e. The van der Waals surface area contributed by atoms with Crippen molar-refractivity contribution in [1.82, 2.24) is 4.90 Å². The number of piperidine rings is 2. The summed E-state index contributed by atoms with van der Waals surface area (Å²) in [5.74, 6) is 0.297. The third kappa shape index (κ3) is 1.98. The van der Waals surface area contributed by atoms with Crippen molar-refractivity contribution in [3.05, 3.63) is 0 Å². The molecule has 0 N–H and O–H groups in total. The van der Waals surface area contributed by atoms with Crippen molar-refractivity contribution in [2.45, 2.75) is 51.1 Å². The van der Waals surface area contributed by atoms with Crippen LogP contribution in [-0.2, 0) is 9.53 Å². The van der Waals surface area contributed by atoms with E-state index in [0.717, 1.165) is 19.3 Å². The summed E-state index contributed by atoms with van der Waals surface area (Å²) in [5, 5.41) is 0. The van der Waals surface area contributed by atoms with Crippen LogP contribution in [-0.4, -0.2) is 35.5 Å². The predicted molar refractivity (Wildman–Crippen MR) is 54.5 cm³/mol. The average Bonchev–Trinajstić information content (AvgIpc) is 2.16. The van der Waals surface area contributed by atoms with Gasteiger partial charge in [0.15, 0.2) is 0 Å². The summed E-state index contributed by atoms with van der Waals surface area (Å²) in [4.78, 5) is 24.9. The van der Waals surface area contributed by atoms with E-state index in [1.807, 2.05) is 6.92 Å². The van der Waals surface area contributed by atoms with Crippen LogP contribution in [0.4, 0.5) is 4.79 Å². The molecule has 4 heteroatoms. The number of amides is 1. The van der Waals surface area contributed by atoms with E-state index in [0.29, 0.717) is 25.2 Å². The summed E-state index contributed by atoms with van der Waals surface area (Å²) in [5.41, 5.74) is 0. The molecule has 2 heterocycles. The van der Waals surface area contributed by atoms with Crippen LogP contribution < -0.4 is 0 Å². The van der Waals surface area contributed by atoms with Crippen molar-refractivity contribution in [2.24, 2.45) is 0 Å². The fourth-order valence-electron chi connectivity index (χ4n) is 2.67. The highest BCUT2D eigenvalue weighted by Crippen LogP contribution is 2.32. The van der Waals surface area contributed by atoms with E-state index in [4.69, 9.17) is 4.74 Å². The van der Waals surface area contributed by atoms with Crippen molar-refractivity contribution in [3.8, 4) is 0 Å². The highest BCUT2D eigenvalue weighted by atomic mass is 16.6. The molecule has 0 aromatic heterocycles. The lowest BCUT2D eigenvalue weighted by Gasteiger charge is -2.44. The Labute approximate surface area is 89.6 Å². The zero-order valence-corrected chi connectivity index (χ0v) is 9.07. The van der Waals surface area contributed by atoms with Gasteiger partial charge in [0, 0.05) is 24.9 Å². The molecule has 2 rings (SSSR count). The first kappa shape index (κ1) is 10.5. The van der Waals surface area contributed by atoms with Gasteiger partial charge in [0.05, 0.1) is 6.61 Å². The molecular formula is C11H17NO3. The van der Waals surface area contributed by atoms with Gasteiger partial charge in [-0.2, -0.15) is 0 Å². The van der Waals surface area contributed by atoms with Crippen LogP contribution in [0.25, 0.3) is 0 Å². The molecule has 2 saturated heterocycles. The van der Waals surface area contributed by atoms with Gasteiger partial charge in [-0.25, -0.2) is 4.79 Å². The van der Waals surface area contributed by atoms with Gasteiger partial charge in [0.2, 0.25) is 0 Å². The molecule has 15 heavy (non-hydrogen) atoms. The summed E-state index contributed by atoms with van der Waals surface area (Å²) >= 11 is 0. The van der Waals surface area contributed by atoms with Gasteiger partial charge < -0.3 is 9.64 Å². The molecular weight excluding hydrogens is 194 g/mol. The molecule has 4 nitrogen and oxygen atoms in total. The lowest BCUT2D eigenvalue weighted by Crippen LogP contribution is -2.55. The Morgan fingerprint density at radius 2 is 2.00 bits per heavy atom. The molecule has 0 aliphatic carbocycles. The molecule has 2 aliphatic rings. The molecule has 0 spiro atoms. The Kier molecular flexibility index (Phi) is 2.93. The number of rotatable bonds is 1. The Hall–Kier alpha value is -1.06. The summed E-state index contributed by atoms with van der Waals surface area (Å²) in [7, 11) is 0. The Morgan fingerprint density at radius 1 is 1.40 bits per heavy atom. The molecule has 84 valence electrons. The van der Waals surface area contributed by atoms with Crippen molar-refractivity contribution < 1.29 is 14.3 Å². The second-order valence-electron chi connectivity index (χ2n) is 4.29. The van der Waals surface area contributed by atoms with Gasteiger partial charge >= 0.3 is 6.09 Å². The number of ether oxygens (including phenoxy) is 1. The number of carbonyl (C=O) groups excluding carboxylic acids is 2. The lowest BCUT2D eigenvalue weighted by atomic mass is 9.84. The van der Waals surface area contributed by atoms with Gasteiger partial charge in [-0.1, -0.05) is 0 Å². The van der Waals surface area contributed by atoms with E-state index in [2.05, 4.69) is 0 Å². The minimum absolute atomic E-state index is 0.101. The third-order valence-electron chi connectivity index (χ3n) is 3.27. The van der Waals surface area contributed by atoms with E-state index in [9.17, 15) is 9.59 Å². The standard InChI is InChI=1S/C11H17NO3/c1-2-15-11(14)12-8-4-3-5-9(12)7-10(13)6-8/h8-9H,2-7H2,1H3. The van der Waals surface area contributed by atoms with Gasteiger partial charge in [-0.3, -0.25) is 4.79 Å².